The van der Waals surface area contributed by atoms with E-state index in [0.29, 0.717) is 4.75 Å². The van der Waals surface area contributed by atoms with E-state index in [4.69, 9.17) is 4.74 Å². The summed E-state index contributed by atoms with van der Waals surface area (Å²) in [6.45, 7) is 12.5. The first kappa shape index (κ1) is 17.9. The van der Waals surface area contributed by atoms with Crippen molar-refractivity contribution in [3.05, 3.63) is 0 Å². The molecule has 2 rings (SSSR count). The fraction of sp³-hybridized carbons (Fsp3) is 0.938. The molecule has 0 spiro atoms. The van der Waals surface area contributed by atoms with Crippen LogP contribution in [0, 0.1) is 0 Å². The zero-order valence-corrected chi connectivity index (χ0v) is 15.4. The number of thioether (sulfide) groups is 1. The molecule has 2 aliphatic rings. The van der Waals surface area contributed by atoms with Gasteiger partial charge in [-0.25, -0.2) is 0 Å². The summed E-state index contributed by atoms with van der Waals surface area (Å²) in [6.07, 6.45) is 2.62. The summed E-state index contributed by atoms with van der Waals surface area (Å²) >= 11 is 2.08. The van der Waals surface area contributed by atoms with Crippen LogP contribution in [0.4, 0.5) is 0 Å². The summed E-state index contributed by atoms with van der Waals surface area (Å²) < 4.78 is 5.81. The molecule has 0 aromatic rings. The molecule has 0 aliphatic carbocycles. The van der Waals surface area contributed by atoms with Crippen molar-refractivity contribution in [3.63, 3.8) is 0 Å². The third kappa shape index (κ3) is 5.03. The summed E-state index contributed by atoms with van der Waals surface area (Å²) in [7, 11) is 1.85. The first-order valence-corrected chi connectivity index (χ1v) is 9.35. The van der Waals surface area contributed by atoms with Crippen LogP contribution < -0.4 is 10.6 Å². The number of rotatable bonds is 5. The zero-order valence-electron chi connectivity index (χ0n) is 14.6. The highest BCUT2D eigenvalue weighted by Crippen LogP contribution is 2.36. The van der Waals surface area contributed by atoms with Gasteiger partial charge in [-0.3, -0.25) is 9.89 Å². The molecule has 2 N–H and O–H groups in total. The molecule has 0 aromatic carbocycles. The number of hydrogen-bond acceptors (Lipinski definition) is 4. The van der Waals surface area contributed by atoms with Crippen molar-refractivity contribution in [2.75, 3.05) is 52.2 Å². The summed E-state index contributed by atoms with van der Waals surface area (Å²) in [5.41, 5.74) is 0.105. The average molecular weight is 329 g/mol. The van der Waals surface area contributed by atoms with Gasteiger partial charge in [-0.05, 0) is 39.4 Å². The number of aliphatic imine (C=N–C) groups is 1. The second-order valence-electron chi connectivity index (χ2n) is 7.09. The molecule has 2 aliphatic heterocycles. The number of hydrogen-bond donors (Lipinski definition) is 2. The monoisotopic (exact) mass is 328 g/mol. The first-order valence-electron chi connectivity index (χ1n) is 8.36. The van der Waals surface area contributed by atoms with E-state index in [9.17, 15) is 0 Å². The molecule has 2 fully saturated rings. The second-order valence-corrected chi connectivity index (χ2v) is 8.78. The van der Waals surface area contributed by atoms with E-state index in [1.807, 2.05) is 7.05 Å². The predicted octanol–water partition coefficient (Wildman–Crippen LogP) is 1.55. The number of guanidine groups is 1. The molecule has 6 heteroatoms. The number of nitrogens with zero attached hydrogens (tertiary/aromatic N) is 2. The minimum absolute atomic E-state index is 0.105. The Morgan fingerprint density at radius 3 is 2.64 bits per heavy atom. The van der Waals surface area contributed by atoms with Crippen molar-refractivity contribution in [1.82, 2.24) is 15.5 Å². The lowest BCUT2D eigenvalue weighted by Gasteiger charge is -2.41. The van der Waals surface area contributed by atoms with Crippen LogP contribution in [0.2, 0.25) is 0 Å². The lowest BCUT2D eigenvalue weighted by Crippen LogP contribution is -2.57. The van der Waals surface area contributed by atoms with Crippen molar-refractivity contribution in [1.29, 1.82) is 0 Å². The Labute approximate surface area is 139 Å². The van der Waals surface area contributed by atoms with Gasteiger partial charge in [0, 0.05) is 43.5 Å². The standard InChI is InChI=1S/C16H32N4OS/c1-15(2,20-7-9-21-10-8-20)12-18-14(17-4)19-13-16(3)6-5-11-22-16/h5-13H2,1-4H3,(H2,17,18,19). The maximum atomic E-state index is 5.45. The van der Waals surface area contributed by atoms with E-state index in [0.717, 1.165) is 45.4 Å². The van der Waals surface area contributed by atoms with Crippen molar-refractivity contribution < 1.29 is 4.74 Å². The molecule has 0 radical (unpaired) electrons. The third-order valence-corrected chi connectivity index (χ3v) is 6.25. The van der Waals surface area contributed by atoms with Crippen molar-refractivity contribution in [2.24, 2.45) is 4.99 Å². The normalized spacial score (nSPS) is 27.9. The van der Waals surface area contributed by atoms with Crippen molar-refractivity contribution in [3.8, 4) is 0 Å². The Balaban J connectivity index is 1.77. The number of ether oxygens (including phenoxy) is 1. The van der Waals surface area contributed by atoms with Crippen LogP contribution in [-0.2, 0) is 4.74 Å². The zero-order chi connectivity index (χ0) is 16.1. The SMILES string of the molecule is CN=C(NCC1(C)CCCS1)NCC(C)(C)N1CCOCC1. The molecule has 1 atom stereocenters. The Bertz CT molecular complexity index is 374. The van der Waals surface area contributed by atoms with Crippen LogP contribution in [-0.4, -0.2) is 73.3 Å². The Morgan fingerprint density at radius 1 is 1.32 bits per heavy atom. The van der Waals surface area contributed by atoms with Crippen LogP contribution in [0.15, 0.2) is 4.99 Å². The predicted molar refractivity (Wildman–Crippen MR) is 95.9 cm³/mol. The minimum atomic E-state index is 0.105. The van der Waals surface area contributed by atoms with Gasteiger partial charge in [-0.1, -0.05) is 0 Å². The third-order valence-electron chi connectivity index (χ3n) is 4.71. The minimum Gasteiger partial charge on any atom is -0.379 e. The molecule has 5 nitrogen and oxygen atoms in total. The second kappa shape index (κ2) is 7.88. The van der Waals surface area contributed by atoms with Crippen LogP contribution in [0.5, 0.6) is 0 Å². The molecule has 2 saturated heterocycles. The largest absolute Gasteiger partial charge is 0.379 e. The van der Waals surface area contributed by atoms with Gasteiger partial charge >= 0.3 is 0 Å². The average Bonchev–Trinajstić information content (AvgIpc) is 2.95. The van der Waals surface area contributed by atoms with E-state index >= 15 is 0 Å². The van der Waals surface area contributed by atoms with E-state index in [1.54, 1.807) is 0 Å². The summed E-state index contributed by atoms with van der Waals surface area (Å²) in [5, 5.41) is 7.00. The van der Waals surface area contributed by atoms with Gasteiger partial charge < -0.3 is 15.4 Å². The maximum Gasteiger partial charge on any atom is 0.191 e. The fourth-order valence-electron chi connectivity index (χ4n) is 3.05. The van der Waals surface area contributed by atoms with Gasteiger partial charge in [-0.2, -0.15) is 11.8 Å². The number of morpholine rings is 1. The molecule has 0 amide bonds. The maximum absolute atomic E-state index is 5.45. The molecule has 128 valence electrons. The van der Waals surface area contributed by atoms with E-state index in [2.05, 4.69) is 53.1 Å². The highest BCUT2D eigenvalue weighted by molar-refractivity contribution is 8.00. The highest BCUT2D eigenvalue weighted by atomic mass is 32.2. The molecule has 0 bridgehead atoms. The molecule has 0 saturated carbocycles. The topological polar surface area (TPSA) is 48.9 Å². The van der Waals surface area contributed by atoms with Crippen molar-refractivity contribution >= 4 is 17.7 Å². The summed E-state index contributed by atoms with van der Waals surface area (Å²) in [5.74, 6) is 2.20. The van der Waals surface area contributed by atoms with Gasteiger partial charge in [0.2, 0.25) is 0 Å². The van der Waals surface area contributed by atoms with Gasteiger partial charge in [0.05, 0.1) is 13.2 Å². The smallest absolute Gasteiger partial charge is 0.191 e. The highest BCUT2D eigenvalue weighted by Gasteiger charge is 2.30. The quantitative estimate of drug-likeness (QED) is 0.592. The molecular formula is C16H32N4OS. The molecule has 22 heavy (non-hydrogen) atoms. The first-order chi connectivity index (χ1) is 10.5. The van der Waals surface area contributed by atoms with Gasteiger partial charge in [0.1, 0.15) is 0 Å². The lowest BCUT2D eigenvalue weighted by molar-refractivity contribution is -0.00834. The van der Waals surface area contributed by atoms with Crippen molar-refractivity contribution in [2.45, 2.75) is 43.9 Å². The van der Waals surface area contributed by atoms with Crippen LogP contribution >= 0.6 is 11.8 Å². The van der Waals surface area contributed by atoms with Crippen LogP contribution in [0.3, 0.4) is 0 Å². The van der Waals surface area contributed by atoms with E-state index in [-0.39, 0.29) is 5.54 Å². The molecule has 2 heterocycles. The molecule has 0 aromatic heterocycles. The van der Waals surface area contributed by atoms with Gasteiger partial charge in [0.15, 0.2) is 5.96 Å². The summed E-state index contributed by atoms with van der Waals surface area (Å²) in [6, 6.07) is 0. The van der Waals surface area contributed by atoms with Gasteiger partial charge in [-0.15, -0.1) is 0 Å². The molecule has 1 unspecified atom stereocenters. The van der Waals surface area contributed by atoms with Crippen LogP contribution in [0.1, 0.15) is 33.6 Å². The Hall–Kier alpha value is -0.460. The fourth-order valence-corrected chi connectivity index (χ4v) is 4.29. The lowest BCUT2D eigenvalue weighted by atomic mass is 10.0. The summed E-state index contributed by atoms with van der Waals surface area (Å²) in [4.78, 5) is 6.86. The van der Waals surface area contributed by atoms with E-state index in [1.165, 1.54) is 18.6 Å². The van der Waals surface area contributed by atoms with Crippen LogP contribution in [0.25, 0.3) is 0 Å². The number of nitrogens with one attached hydrogen (secondary N) is 2. The van der Waals surface area contributed by atoms with Gasteiger partial charge in [0.25, 0.3) is 0 Å². The Morgan fingerprint density at radius 2 is 2.05 bits per heavy atom. The molecular weight excluding hydrogens is 296 g/mol. The Kier molecular flexibility index (Phi) is 6.41. The van der Waals surface area contributed by atoms with E-state index < -0.39 is 0 Å².